The Balaban J connectivity index is 1.92. The average molecular weight is 272 g/mol. The van der Waals surface area contributed by atoms with Gasteiger partial charge in [-0.25, -0.2) is 4.98 Å². The van der Waals surface area contributed by atoms with Crippen molar-refractivity contribution in [1.82, 2.24) is 14.5 Å². The van der Waals surface area contributed by atoms with Crippen LogP contribution >= 0.6 is 12.2 Å². The van der Waals surface area contributed by atoms with Crippen LogP contribution in [0.25, 0.3) is 5.69 Å². The molecule has 3 rings (SSSR count). The van der Waals surface area contributed by atoms with Crippen LogP contribution in [-0.2, 0) is 0 Å². The van der Waals surface area contributed by atoms with Gasteiger partial charge >= 0.3 is 0 Å². The zero-order valence-corrected chi connectivity index (χ0v) is 11.5. The number of anilines is 1. The summed E-state index contributed by atoms with van der Waals surface area (Å²) in [5, 5.41) is 0. The molecule has 2 heterocycles. The molecular formula is C14H16N4S. The minimum atomic E-state index is 0.557. The van der Waals surface area contributed by atoms with E-state index in [4.69, 9.17) is 12.2 Å². The highest BCUT2D eigenvalue weighted by molar-refractivity contribution is 7.71. The van der Waals surface area contributed by atoms with Gasteiger partial charge in [0.25, 0.3) is 0 Å². The molecule has 1 fully saturated rings. The summed E-state index contributed by atoms with van der Waals surface area (Å²) in [4.78, 5) is 11.1. The van der Waals surface area contributed by atoms with Crippen LogP contribution in [0.3, 0.4) is 0 Å². The third kappa shape index (κ3) is 2.66. The van der Waals surface area contributed by atoms with Crippen LogP contribution in [0.15, 0.2) is 36.7 Å². The van der Waals surface area contributed by atoms with Gasteiger partial charge in [0.05, 0.1) is 0 Å². The molecule has 1 aromatic heterocycles. The summed E-state index contributed by atoms with van der Waals surface area (Å²) in [6.45, 7) is 2.06. The summed E-state index contributed by atoms with van der Waals surface area (Å²) in [7, 11) is 0. The van der Waals surface area contributed by atoms with Crippen LogP contribution in [-0.4, -0.2) is 27.6 Å². The normalized spacial score (nSPS) is 15.5. The molecule has 0 atom stereocenters. The smallest absolute Gasteiger partial charge is 0.229 e. The number of para-hydroxylation sites is 1. The zero-order valence-electron chi connectivity index (χ0n) is 10.7. The maximum Gasteiger partial charge on any atom is 0.229 e. The van der Waals surface area contributed by atoms with Crippen molar-refractivity contribution in [3.05, 3.63) is 41.4 Å². The first-order valence-electron chi connectivity index (χ1n) is 6.61. The summed E-state index contributed by atoms with van der Waals surface area (Å²) in [6, 6.07) is 9.95. The minimum Gasteiger partial charge on any atom is -0.341 e. The molecule has 0 saturated carbocycles. The molecule has 1 aliphatic heterocycles. The summed E-state index contributed by atoms with van der Waals surface area (Å²) in [5.41, 5.74) is 0.998. The second-order valence-electron chi connectivity index (χ2n) is 4.69. The van der Waals surface area contributed by atoms with E-state index in [1.165, 1.54) is 19.3 Å². The lowest BCUT2D eigenvalue weighted by Gasteiger charge is -2.26. The standard InChI is InChI=1S/C14H16N4S/c19-14-16-13(17-9-5-2-6-10-17)15-11-18(14)12-7-3-1-4-8-12/h1,3-4,7-8,11H,2,5-6,9-10H2. The predicted octanol–water partition coefficient (Wildman–Crippen LogP) is 2.99. The number of benzene rings is 1. The maximum absolute atomic E-state index is 5.38. The number of hydrogen-bond acceptors (Lipinski definition) is 4. The average Bonchev–Trinajstić information content (AvgIpc) is 2.49. The van der Waals surface area contributed by atoms with Crippen molar-refractivity contribution < 1.29 is 0 Å². The summed E-state index contributed by atoms with van der Waals surface area (Å²) < 4.78 is 2.39. The number of piperidine rings is 1. The van der Waals surface area contributed by atoms with Crippen LogP contribution in [0.2, 0.25) is 0 Å². The molecule has 1 aliphatic rings. The van der Waals surface area contributed by atoms with Crippen LogP contribution in [0.4, 0.5) is 5.95 Å². The maximum atomic E-state index is 5.38. The molecule has 98 valence electrons. The molecule has 0 radical (unpaired) electrons. The summed E-state index contributed by atoms with van der Waals surface area (Å²) >= 11 is 5.38. The van der Waals surface area contributed by atoms with Gasteiger partial charge in [-0.05, 0) is 43.6 Å². The molecule has 0 spiro atoms. The molecule has 1 aromatic carbocycles. The highest BCUT2D eigenvalue weighted by Crippen LogP contribution is 2.15. The van der Waals surface area contributed by atoms with Crippen molar-refractivity contribution in [3.8, 4) is 5.69 Å². The molecule has 4 nitrogen and oxygen atoms in total. The topological polar surface area (TPSA) is 34.0 Å². The molecular weight excluding hydrogens is 256 g/mol. The Bertz CT molecular complexity index is 602. The Morgan fingerprint density at radius 2 is 1.74 bits per heavy atom. The van der Waals surface area contributed by atoms with Gasteiger partial charge in [0.15, 0.2) is 0 Å². The van der Waals surface area contributed by atoms with Gasteiger partial charge < -0.3 is 4.90 Å². The van der Waals surface area contributed by atoms with Crippen LogP contribution < -0.4 is 4.90 Å². The van der Waals surface area contributed by atoms with Gasteiger partial charge in [-0.1, -0.05) is 18.2 Å². The lowest BCUT2D eigenvalue weighted by molar-refractivity contribution is 0.566. The van der Waals surface area contributed by atoms with E-state index < -0.39 is 0 Å². The Kier molecular flexibility index (Phi) is 3.55. The summed E-state index contributed by atoms with van der Waals surface area (Å²) in [6.07, 6.45) is 5.50. The van der Waals surface area contributed by atoms with E-state index in [1.807, 2.05) is 34.9 Å². The quantitative estimate of drug-likeness (QED) is 0.787. The largest absolute Gasteiger partial charge is 0.341 e. The molecule has 2 aromatic rings. The number of hydrogen-bond donors (Lipinski definition) is 0. The Hall–Kier alpha value is -1.75. The molecule has 19 heavy (non-hydrogen) atoms. The lowest BCUT2D eigenvalue weighted by atomic mass is 10.1. The summed E-state index contributed by atoms with van der Waals surface area (Å²) in [5.74, 6) is 0.761. The Labute approximate surface area is 117 Å². The minimum absolute atomic E-state index is 0.557. The van der Waals surface area contributed by atoms with Crippen LogP contribution in [0.1, 0.15) is 19.3 Å². The van der Waals surface area contributed by atoms with Crippen molar-refractivity contribution in [3.63, 3.8) is 0 Å². The van der Waals surface area contributed by atoms with Crippen molar-refractivity contribution in [2.45, 2.75) is 19.3 Å². The van der Waals surface area contributed by atoms with Gasteiger partial charge in [0, 0.05) is 18.8 Å². The molecule has 0 aliphatic carbocycles. The molecule has 0 unspecified atom stereocenters. The van der Waals surface area contributed by atoms with Gasteiger partial charge in [-0.2, -0.15) is 4.98 Å². The molecule has 0 bridgehead atoms. The number of aromatic nitrogens is 3. The first kappa shape index (κ1) is 12.3. The monoisotopic (exact) mass is 272 g/mol. The third-order valence-electron chi connectivity index (χ3n) is 3.36. The first-order chi connectivity index (χ1) is 9.34. The second kappa shape index (κ2) is 5.48. The third-order valence-corrected chi connectivity index (χ3v) is 3.65. The van der Waals surface area contributed by atoms with E-state index in [2.05, 4.69) is 14.9 Å². The Morgan fingerprint density at radius 1 is 1.00 bits per heavy atom. The van der Waals surface area contributed by atoms with E-state index in [0.717, 1.165) is 24.7 Å². The highest BCUT2D eigenvalue weighted by atomic mass is 32.1. The van der Waals surface area contributed by atoms with Gasteiger partial charge in [0.1, 0.15) is 6.33 Å². The van der Waals surface area contributed by atoms with Gasteiger partial charge in [0.2, 0.25) is 10.7 Å². The van der Waals surface area contributed by atoms with Crippen molar-refractivity contribution in [2.24, 2.45) is 0 Å². The van der Waals surface area contributed by atoms with Crippen molar-refractivity contribution in [1.29, 1.82) is 0 Å². The molecule has 1 saturated heterocycles. The molecule has 0 amide bonds. The number of nitrogens with zero attached hydrogens (tertiary/aromatic N) is 4. The van der Waals surface area contributed by atoms with E-state index in [1.54, 1.807) is 6.33 Å². The number of rotatable bonds is 2. The lowest BCUT2D eigenvalue weighted by Crippen LogP contribution is -2.31. The van der Waals surface area contributed by atoms with Gasteiger partial charge in [-0.15, -0.1) is 0 Å². The van der Waals surface area contributed by atoms with Crippen LogP contribution in [0.5, 0.6) is 0 Å². The second-order valence-corrected chi connectivity index (χ2v) is 5.06. The first-order valence-corrected chi connectivity index (χ1v) is 7.01. The fraction of sp³-hybridized carbons (Fsp3) is 0.357. The highest BCUT2D eigenvalue weighted by Gasteiger charge is 2.13. The molecule has 0 N–H and O–H groups in total. The van der Waals surface area contributed by atoms with E-state index in [9.17, 15) is 0 Å². The van der Waals surface area contributed by atoms with Gasteiger partial charge in [-0.3, -0.25) is 4.57 Å². The zero-order chi connectivity index (χ0) is 13.1. The predicted molar refractivity (Wildman–Crippen MR) is 78.3 cm³/mol. The van der Waals surface area contributed by atoms with E-state index in [-0.39, 0.29) is 0 Å². The van der Waals surface area contributed by atoms with E-state index in [0.29, 0.717) is 4.77 Å². The fourth-order valence-corrected chi connectivity index (χ4v) is 2.57. The van der Waals surface area contributed by atoms with Crippen LogP contribution in [0, 0.1) is 4.77 Å². The molecule has 5 heteroatoms. The SMILES string of the molecule is S=c1nc(N2CCCCC2)ncn1-c1ccccc1. The fourth-order valence-electron chi connectivity index (χ4n) is 2.34. The Morgan fingerprint density at radius 3 is 2.42 bits per heavy atom. The van der Waals surface area contributed by atoms with Crippen molar-refractivity contribution >= 4 is 18.2 Å². The van der Waals surface area contributed by atoms with Crippen molar-refractivity contribution in [2.75, 3.05) is 18.0 Å². The van der Waals surface area contributed by atoms with E-state index >= 15 is 0 Å².